The molecular weight excluding hydrogens is 271 g/mol. The van der Waals surface area contributed by atoms with Gasteiger partial charge >= 0.3 is 5.97 Å². The molecule has 0 aromatic heterocycles. The van der Waals surface area contributed by atoms with Crippen LogP contribution in [0.4, 0.5) is 0 Å². The summed E-state index contributed by atoms with van der Waals surface area (Å²) in [6.07, 6.45) is 2.26. The molecule has 0 aliphatic carbocycles. The average molecular weight is 282 g/mol. The number of cyclic esters (lactones) is 1. The number of rotatable bonds is 3. The number of alkyl halides is 1. The molecule has 0 saturated carbocycles. The molecule has 2 rings (SSSR count). The standard InChI is InChI=1S/C8H11IO3/c9-3-6-1-5(8(10)12-6)2-7-4-11-7/h5-7H,1-4H2/t5-,6+,7-/m0/s1. The van der Waals surface area contributed by atoms with E-state index in [0.29, 0.717) is 6.10 Å². The average Bonchev–Trinajstić information content (AvgIpc) is 2.78. The topological polar surface area (TPSA) is 38.8 Å². The molecule has 2 aliphatic heterocycles. The fourth-order valence-corrected chi connectivity index (χ4v) is 2.07. The van der Waals surface area contributed by atoms with Gasteiger partial charge in [0.15, 0.2) is 0 Å². The van der Waals surface area contributed by atoms with Crippen LogP contribution in [0.15, 0.2) is 0 Å². The smallest absolute Gasteiger partial charge is 0.309 e. The first-order valence-corrected chi connectivity index (χ1v) is 5.70. The third-order valence-corrected chi connectivity index (χ3v) is 3.27. The van der Waals surface area contributed by atoms with Crippen molar-refractivity contribution in [3.63, 3.8) is 0 Å². The molecule has 0 radical (unpaired) electrons. The monoisotopic (exact) mass is 282 g/mol. The van der Waals surface area contributed by atoms with Crippen molar-refractivity contribution in [3.8, 4) is 0 Å². The van der Waals surface area contributed by atoms with Gasteiger partial charge in [-0.15, -0.1) is 0 Å². The van der Waals surface area contributed by atoms with E-state index in [1.165, 1.54) is 0 Å². The molecule has 2 fully saturated rings. The highest BCUT2D eigenvalue weighted by molar-refractivity contribution is 14.1. The van der Waals surface area contributed by atoms with Crippen LogP contribution in [-0.2, 0) is 14.3 Å². The summed E-state index contributed by atoms with van der Waals surface area (Å²) in [5.74, 6) is 0.0874. The van der Waals surface area contributed by atoms with Crippen LogP contribution >= 0.6 is 22.6 Å². The van der Waals surface area contributed by atoms with E-state index in [2.05, 4.69) is 22.6 Å². The molecule has 2 aliphatic rings. The lowest BCUT2D eigenvalue weighted by Crippen LogP contribution is -2.09. The molecule has 0 bridgehead atoms. The predicted octanol–water partition coefficient (Wildman–Crippen LogP) is 1.14. The van der Waals surface area contributed by atoms with Crippen molar-refractivity contribution >= 4 is 28.6 Å². The summed E-state index contributed by atoms with van der Waals surface area (Å²) in [7, 11) is 0. The van der Waals surface area contributed by atoms with Gasteiger partial charge < -0.3 is 9.47 Å². The number of carbonyl (C=O) groups excluding carboxylic acids is 1. The second-order valence-electron chi connectivity index (χ2n) is 3.34. The highest BCUT2D eigenvalue weighted by Gasteiger charge is 2.38. The molecule has 4 heteroatoms. The van der Waals surface area contributed by atoms with Crippen molar-refractivity contribution in [3.05, 3.63) is 0 Å². The highest BCUT2D eigenvalue weighted by Crippen LogP contribution is 2.30. The molecule has 3 nitrogen and oxygen atoms in total. The van der Waals surface area contributed by atoms with Crippen molar-refractivity contribution in [1.29, 1.82) is 0 Å². The van der Waals surface area contributed by atoms with Gasteiger partial charge in [-0.1, -0.05) is 22.6 Å². The minimum absolute atomic E-state index is 0.0211. The number of carbonyl (C=O) groups is 1. The molecule has 2 heterocycles. The molecule has 0 N–H and O–H groups in total. The Labute approximate surface area is 84.9 Å². The summed E-state index contributed by atoms with van der Waals surface area (Å²) in [5.41, 5.74) is 0. The van der Waals surface area contributed by atoms with Crippen molar-refractivity contribution in [2.24, 2.45) is 5.92 Å². The minimum atomic E-state index is -0.0211. The maximum absolute atomic E-state index is 11.2. The highest BCUT2D eigenvalue weighted by atomic mass is 127. The number of epoxide rings is 1. The van der Waals surface area contributed by atoms with Gasteiger partial charge in [-0.2, -0.15) is 0 Å². The molecule has 0 unspecified atom stereocenters. The Morgan fingerprint density at radius 2 is 2.25 bits per heavy atom. The zero-order chi connectivity index (χ0) is 8.55. The Morgan fingerprint density at radius 3 is 2.75 bits per heavy atom. The minimum Gasteiger partial charge on any atom is -0.461 e. The van der Waals surface area contributed by atoms with Crippen molar-refractivity contribution in [2.75, 3.05) is 11.0 Å². The SMILES string of the molecule is O=C1O[C@@H](CI)C[C@H]1C[C@H]1CO1. The van der Waals surface area contributed by atoms with Crippen LogP contribution in [0.1, 0.15) is 12.8 Å². The first-order valence-electron chi connectivity index (χ1n) is 4.17. The molecule has 0 aromatic rings. The van der Waals surface area contributed by atoms with Gasteiger partial charge in [0, 0.05) is 4.43 Å². The molecule has 3 atom stereocenters. The largest absolute Gasteiger partial charge is 0.461 e. The van der Waals surface area contributed by atoms with Crippen molar-refractivity contribution < 1.29 is 14.3 Å². The van der Waals surface area contributed by atoms with Gasteiger partial charge in [0.05, 0.1) is 18.6 Å². The van der Waals surface area contributed by atoms with E-state index < -0.39 is 0 Å². The first-order chi connectivity index (χ1) is 5.79. The van der Waals surface area contributed by atoms with Crippen molar-refractivity contribution in [2.45, 2.75) is 25.0 Å². The molecule has 0 aromatic carbocycles. The van der Waals surface area contributed by atoms with E-state index in [4.69, 9.17) is 9.47 Å². The summed E-state index contributed by atoms with van der Waals surface area (Å²) in [6, 6.07) is 0. The molecule has 0 spiro atoms. The maximum Gasteiger partial charge on any atom is 0.309 e. The third-order valence-electron chi connectivity index (χ3n) is 2.29. The Bertz CT molecular complexity index is 191. The number of hydrogen-bond donors (Lipinski definition) is 0. The van der Waals surface area contributed by atoms with E-state index in [9.17, 15) is 4.79 Å². The van der Waals surface area contributed by atoms with Crippen LogP contribution in [0.2, 0.25) is 0 Å². The van der Waals surface area contributed by atoms with Gasteiger partial charge in [0.1, 0.15) is 6.10 Å². The van der Waals surface area contributed by atoms with Crippen molar-refractivity contribution in [1.82, 2.24) is 0 Å². The predicted molar refractivity (Wildman–Crippen MR) is 51.2 cm³/mol. The lowest BCUT2D eigenvalue weighted by molar-refractivity contribution is -0.143. The zero-order valence-electron chi connectivity index (χ0n) is 6.66. The Kier molecular flexibility index (Phi) is 2.55. The summed E-state index contributed by atoms with van der Waals surface area (Å²) in [5, 5.41) is 0. The molecular formula is C8H11IO3. The molecule has 0 amide bonds. The van der Waals surface area contributed by atoms with E-state index in [1.54, 1.807) is 0 Å². The van der Waals surface area contributed by atoms with E-state index >= 15 is 0 Å². The van der Waals surface area contributed by atoms with Gasteiger partial charge in [-0.3, -0.25) is 4.79 Å². The van der Waals surface area contributed by atoms with Gasteiger partial charge in [0.2, 0.25) is 0 Å². The number of ether oxygens (including phenoxy) is 2. The molecule has 68 valence electrons. The third kappa shape index (κ3) is 1.90. The number of esters is 1. The number of halogens is 1. The second kappa shape index (κ2) is 3.49. The zero-order valence-corrected chi connectivity index (χ0v) is 8.82. The summed E-state index contributed by atoms with van der Waals surface area (Å²) in [4.78, 5) is 11.2. The maximum atomic E-state index is 11.2. The summed E-state index contributed by atoms with van der Waals surface area (Å²) < 4.78 is 11.1. The van der Waals surface area contributed by atoms with Crippen LogP contribution in [0.3, 0.4) is 0 Å². The molecule has 12 heavy (non-hydrogen) atoms. The van der Waals surface area contributed by atoms with E-state index in [1.807, 2.05) is 0 Å². The van der Waals surface area contributed by atoms with Crippen LogP contribution in [0.25, 0.3) is 0 Å². The molecule has 2 saturated heterocycles. The quantitative estimate of drug-likeness (QED) is 0.337. The first kappa shape index (κ1) is 8.74. The van der Waals surface area contributed by atoms with Crippen LogP contribution < -0.4 is 0 Å². The lowest BCUT2D eigenvalue weighted by atomic mass is 10.0. The summed E-state index contributed by atoms with van der Waals surface area (Å²) in [6.45, 7) is 0.832. The normalized spacial score (nSPS) is 39.8. The second-order valence-corrected chi connectivity index (χ2v) is 4.22. The van der Waals surface area contributed by atoms with E-state index in [-0.39, 0.29) is 18.0 Å². The van der Waals surface area contributed by atoms with Crippen LogP contribution in [0.5, 0.6) is 0 Å². The fraction of sp³-hybridized carbons (Fsp3) is 0.875. The van der Waals surface area contributed by atoms with Gasteiger partial charge in [-0.25, -0.2) is 0 Å². The van der Waals surface area contributed by atoms with Crippen LogP contribution in [0, 0.1) is 5.92 Å². The van der Waals surface area contributed by atoms with E-state index in [0.717, 1.165) is 23.9 Å². The Morgan fingerprint density at radius 1 is 1.50 bits per heavy atom. The van der Waals surface area contributed by atoms with Crippen LogP contribution in [-0.4, -0.2) is 29.2 Å². The Hall–Kier alpha value is 0.160. The fourth-order valence-electron chi connectivity index (χ4n) is 1.53. The Balaban J connectivity index is 1.84. The number of hydrogen-bond acceptors (Lipinski definition) is 3. The lowest BCUT2D eigenvalue weighted by Gasteiger charge is -2.01. The van der Waals surface area contributed by atoms with Gasteiger partial charge in [0.25, 0.3) is 0 Å². The van der Waals surface area contributed by atoms with Gasteiger partial charge in [-0.05, 0) is 12.8 Å². The summed E-state index contributed by atoms with van der Waals surface area (Å²) >= 11 is 2.25.